The van der Waals surface area contributed by atoms with Crippen molar-refractivity contribution >= 4 is 36.4 Å². The first-order chi connectivity index (χ1) is 22.4. The minimum absolute atomic E-state index is 0.01000. The number of hydrogen-bond acceptors (Lipinski definition) is 10. The number of carbonyl (C=O) groups excluding carboxylic acids is 2. The molecule has 0 unspecified atom stereocenters. The highest BCUT2D eigenvalue weighted by atomic mass is 31.2. The molecular weight excluding hydrogens is 628 g/mol. The second kappa shape index (κ2) is 16.6. The molecule has 4 N–H and O–H groups in total. The van der Waals surface area contributed by atoms with Crippen LogP contribution in [0.2, 0.25) is 0 Å². The Morgan fingerprint density at radius 2 is 1.38 bits per heavy atom. The van der Waals surface area contributed by atoms with Gasteiger partial charge in [-0.05, 0) is 51.7 Å². The number of benzene rings is 2. The van der Waals surface area contributed by atoms with Crippen molar-refractivity contribution in [2.45, 2.75) is 71.4 Å². The van der Waals surface area contributed by atoms with Gasteiger partial charge < -0.3 is 24.5 Å². The molecule has 2 aromatic carbocycles. The number of imidazole rings is 1. The number of nitrogens with one attached hydrogen (secondary N) is 2. The first kappa shape index (κ1) is 35.6. The third-order valence-electron chi connectivity index (χ3n) is 6.78. The Hall–Kier alpha value is -4.23. The highest BCUT2D eigenvalue weighted by Crippen LogP contribution is 2.39. The van der Waals surface area contributed by atoms with Gasteiger partial charge in [0.2, 0.25) is 7.44 Å². The summed E-state index contributed by atoms with van der Waals surface area (Å²) in [5.74, 6) is -1.32. The standard InChI is InChI=1S/C32H41FN7O6P/c1-21(2)45-30(41)25(17-23-11-7-5-8-12-23)38-47(43,39-26(31(42)46-22(3)4)18-24-13-9-6-10-14-24)20-44-16-15-40-19-35-27-28(34)36-32(33)37-29(27)40/h5-14,19,21-22,25-26H,15-18,20H2,1-4H3,(H2,34,36,37)(H2,38,39,43)/t25-,26-/m0/s1. The average Bonchev–Trinajstić information content (AvgIpc) is 3.42. The Labute approximate surface area is 272 Å². The van der Waals surface area contributed by atoms with E-state index >= 15 is 0 Å². The van der Waals surface area contributed by atoms with Gasteiger partial charge in [-0.3, -0.25) is 14.2 Å². The van der Waals surface area contributed by atoms with E-state index in [1.54, 1.807) is 27.7 Å². The van der Waals surface area contributed by atoms with Crippen molar-refractivity contribution in [3.8, 4) is 0 Å². The quantitative estimate of drug-likeness (QED) is 0.0639. The highest BCUT2D eigenvalue weighted by molar-refractivity contribution is 7.59. The van der Waals surface area contributed by atoms with Gasteiger partial charge in [-0.2, -0.15) is 14.4 Å². The van der Waals surface area contributed by atoms with Crippen LogP contribution in [0, 0.1) is 6.08 Å². The predicted molar refractivity (Wildman–Crippen MR) is 175 cm³/mol. The summed E-state index contributed by atoms with van der Waals surface area (Å²) in [6.07, 6.45) is -0.532. The predicted octanol–water partition coefficient (Wildman–Crippen LogP) is 4.02. The molecule has 4 aromatic rings. The van der Waals surface area contributed by atoms with Crippen LogP contribution in [0.15, 0.2) is 67.0 Å². The lowest BCUT2D eigenvalue weighted by molar-refractivity contribution is -0.150. The molecule has 15 heteroatoms. The van der Waals surface area contributed by atoms with Crippen molar-refractivity contribution < 1.29 is 32.8 Å². The molecule has 0 saturated heterocycles. The fourth-order valence-electron chi connectivity index (χ4n) is 4.77. The van der Waals surface area contributed by atoms with Gasteiger partial charge in [0.15, 0.2) is 11.5 Å². The molecule has 0 fully saturated rings. The number of esters is 2. The third-order valence-corrected chi connectivity index (χ3v) is 8.78. The van der Waals surface area contributed by atoms with Crippen LogP contribution in [0.4, 0.5) is 10.2 Å². The van der Waals surface area contributed by atoms with Crippen LogP contribution in [0.1, 0.15) is 38.8 Å². The number of nitrogens with two attached hydrogens (primary N) is 1. The van der Waals surface area contributed by atoms with E-state index in [1.807, 2.05) is 60.7 Å². The number of carbonyl (C=O) groups is 2. The van der Waals surface area contributed by atoms with E-state index in [4.69, 9.17) is 19.9 Å². The van der Waals surface area contributed by atoms with Crippen molar-refractivity contribution in [1.82, 2.24) is 29.7 Å². The smallest absolute Gasteiger partial charge is 0.324 e. The van der Waals surface area contributed by atoms with Gasteiger partial charge in [0.05, 0.1) is 25.1 Å². The van der Waals surface area contributed by atoms with Crippen LogP contribution in [0.3, 0.4) is 0 Å². The van der Waals surface area contributed by atoms with Gasteiger partial charge >= 0.3 is 18.0 Å². The molecule has 13 nitrogen and oxygen atoms in total. The Kier molecular flexibility index (Phi) is 12.5. The van der Waals surface area contributed by atoms with E-state index in [0.717, 1.165) is 11.1 Å². The molecule has 0 aliphatic carbocycles. The van der Waals surface area contributed by atoms with E-state index in [1.165, 1.54) is 10.9 Å². The molecule has 0 saturated carbocycles. The summed E-state index contributed by atoms with van der Waals surface area (Å²) < 4.78 is 47.1. The molecule has 2 atom stereocenters. The molecule has 2 aromatic heterocycles. The molecule has 0 aliphatic heterocycles. The van der Waals surface area contributed by atoms with Gasteiger partial charge in [0, 0.05) is 6.54 Å². The Balaban J connectivity index is 1.60. The molecule has 0 amide bonds. The molecular formula is C32H41FN7O6P. The molecule has 0 radical (unpaired) electrons. The zero-order chi connectivity index (χ0) is 34.0. The summed E-state index contributed by atoms with van der Waals surface area (Å²) in [5.41, 5.74) is 7.79. The lowest BCUT2D eigenvalue weighted by Gasteiger charge is -2.29. The normalized spacial score (nSPS) is 13.2. The number of rotatable bonds is 17. The minimum Gasteiger partial charge on any atom is -0.462 e. The summed E-state index contributed by atoms with van der Waals surface area (Å²) >= 11 is 0. The second-order valence-electron chi connectivity index (χ2n) is 11.5. The van der Waals surface area contributed by atoms with E-state index in [9.17, 15) is 18.5 Å². The maximum Gasteiger partial charge on any atom is 0.324 e. The summed E-state index contributed by atoms with van der Waals surface area (Å²) in [6.45, 7) is 7.03. The van der Waals surface area contributed by atoms with Crippen molar-refractivity contribution in [3.63, 3.8) is 0 Å². The Bertz CT molecular complexity index is 1600. The van der Waals surface area contributed by atoms with Crippen molar-refractivity contribution in [2.75, 3.05) is 18.7 Å². The lowest BCUT2D eigenvalue weighted by atomic mass is 10.1. The SMILES string of the molecule is CC(C)OC(=O)[C@H](Cc1ccccc1)NP(=O)(COCCn1cnc2c(N)nc(F)nc21)N[C@@H](Cc1ccccc1)C(=O)OC(C)C. The minimum atomic E-state index is -3.92. The van der Waals surface area contributed by atoms with Crippen LogP contribution in [0.5, 0.6) is 0 Å². The Morgan fingerprint density at radius 3 is 1.87 bits per heavy atom. The van der Waals surface area contributed by atoms with Crippen LogP contribution in [-0.4, -0.2) is 68.7 Å². The van der Waals surface area contributed by atoms with Crippen LogP contribution < -0.4 is 15.9 Å². The second-order valence-corrected chi connectivity index (χ2v) is 13.7. The summed E-state index contributed by atoms with van der Waals surface area (Å²) in [5, 5.41) is 5.96. The van der Waals surface area contributed by atoms with Crippen LogP contribution in [0.25, 0.3) is 11.2 Å². The number of halogens is 1. The number of aromatic nitrogens is 4. The first-order valence-corrected chi connectivity index (χ1v) is 17.2. The molecule has 0 aliphatic rings. The lowest BCUT2D eigenvalue weighted by Crippen LogP contribution is -2.47. The van der Waals surface area contributed by atoms with E-state index in [0.29, 0.717) is 0 Å². The number of hydrogen-bond donors (Lipinski definition) is 3. The van der Waals surface area contributed by atoms with Gasteiger partial charge in [-0.25, -0.2) is 15.2 Å². The summed E-state index contributed by atoms with van der Waals surface area (Å²) in [7, 11) is -3.92. The fraction of sp³-hybridized carbons (Fsp3) is 0.406. The zero-order valence-electron chi connectivity index (χ0n) is 26.8. The summed E-state index contributed by atoms with van der Waals surface area (Å²) in [6, 6.07) is 16.3. The number of anilines is 1. The van der Waals surface area contributed by atoms with E-state index in [-0.39, 0.29) is 43.0 Å². The maximum absolute atomic E-state index is 14.8. The van der Waals surface area contributed by atoms with Gasteiger partial charge in [-0.15, -0.1) is 0 Å². The number of nitrogen functional groups attached to an aromatic ring is 1. The van der Waals surface area contributed by atoms with Crippen molar-refractivity contribution in [3.05, 3.63) is 84.2 Å². The van der Waals surface area contributed by atoms with E-state index < -0.39 is 56.1 Å². The molecule has 4 rings (SSSR count). The van der Waals surface area contributed by atoms with Crippen molar-refractivity contribution in [2.24, 2.45) is 0 Å². The monoisotopic (exact) mass is 669 g/mol. The largest absolute Gasteiger partial charge is 0.462 e. The topological polar surface area (TPSA) is 173 Å². The van der Waals surface area contributed by atoms with Crippen LogP contribution >= 0.6 is 7.44 Å². The number of nitrogens with zero attached hydrogens (tertiary/aromatic N) is 4. The van der Waals surface area contributed by atoms with Crippen molar-refractivity contribution in [1.29, 1.82) is 0 Å². The fourth-order valence-corrected chi connectivity index (χ4v) is 6.78. The summed E-state index contributed by atoms with van der Waals surface area (Å²) in [4.78, 5) is 38.1. The van der Waals surface area contributed by atoms with Gasteiger partial charge in [0.1, 0.15) is 23.9 Å². The molecule has 252 valence electrons. The zero-order valence-corrected chi connectivity index (χ0v) is 27.7. The molecule has 0 spiro atoms. The molecule has 2 heterocycles. The van der Waals surface area contributed by atoms with Crippen LogP contribution in [-0.2, 0) is 47.8 Å². The highest BCUT2D eigenvalue weighted by Gasteiger charge is 2.36. The third kappa shape index (κ3) is 10.6. The maximum atomic E-state index is 14.8. The molecule has 47 heavy (non-hydrogen) atoms. The van der Waals surface area contributed by atoms with E-state index in [2.05, 4.69) is 25.1 Å². The van der Waals surface area contributed by atoms with Gasteiger partial charge in [0.25, 0.3) is 0 Å². The van der Waals surface area contributed by atoms with Gasteiger partial charge in [-0.1, -0.05) is 60.7 Å². The first-order valence-electron chi connectivity index (χ1n) is 15.3. The number of ether oxygens (including phenoxy) is 3. The Morgan fingerprint density at radius 1 is 0.872 bits per heavy atom. The number of fused-ring (bicyclic) bond motifs is 1. The molecule has 0 bridgehead atoms. The average molecular weight is 670 g/mol.